The lowest BCUT2D eigenvalue weighted by Gasteiger charge is -2.24. The van der Waals surface area contributed by atoms with Crippen LogP contribution in [-0.4, -0.2) is 55.3 Å². The van der Waals surface area contributed by atoms with Crippen LogP contribution in [0.15, 0.2) is 24.3 Å². The van der Waals surface area contributed by atoms with E-state index in [1.807, 2.05) is 45.0 Å². The molecule has 1 aromatic carbocycles. The van der Waals surface area contributed by atoms with Gasteiger partial charge in [0.25, 0.3) is 0 Å². The van der Waals surface area contributed by atoms with Gasteiger partial charge in [0.05, 0.1) is 29.6 Å². The zero-order valence-corrected chi connectivity index (χ0v) is 17.4. The van der Waals surface area contributed by atoms with Crippen molar-refractivity contribution in [1.29, 1.82) is 0 Å². The summed E-state index contributed by atoms with van der Waals surface area (Å²) in [5, 5.41) is 2.98. The van der Waals surface area contributed by atoms with Gasteiger partial charge in [0.1, 0.15) is 5.75 Å². The molecule has 0 bridgehead atoms. The van der Waals surface area contributed by atoms with E-state index < -0.39 is 15.8 Å². The Morgan fingerprint density at radius 2 is 1.96 bits per heavy atom. The van der Waals surface area contributed by atoms with Crippen LogP contribution in [-0.2, 0) is 19.4 Å². The van der Waals surface area contributed by atoms with E-state index in [2.05, 4.69) is 5.32 Å². The van der Waals surface area contributed by atoms with Gasteiger partial charge in [-0.15, -0.1) is 0 Å². The quantitative estimate of drug-likeness (QED) is 0.773. The lowest BCUT2D eigenvalue weighted by atomic mass is 10.0. The number of ether oxygens (including phenoxy) is 1. The molecule has 3 atom stereocenters. The van der Waals surface area contributed by atoms with E-state index in [9.17, 15) is 18.0 Å². The van der Waals surface area contributed by atoms with Gasteiger partial charge in [-0.3, -0.25) is 9.59 Å². The molecule has 8 heteroatoms. The first-order valence-electron chi connectivity index (χ1n) is 9.72. The molecule has 28 heavy (non-hydrogen) atoms. The fraction of sp³-hybridized carbons (Fsp3) is 0.600. The number of amides is 2. The highest BCUT2D eigenvalue weighted by Crippen LogP contribution is 2.29. The van der Waals surface area contributed by atoms with Gasteiger partial charge in [-0.2, -0.15) is 0 Å². The fourth-order valence-corrected chi connectivity index (χ4v) is 5.62. The van der Waals surface area contributed by atoms with Crippen molar-refractivity contribution in [3.05, 3.63) is 29.8 Å². The number of nitrogens with zero attached hydrogens (tertiary/aromatic N) is 1. The van der Waals surface area contributed by atoms with Crippen LogP contribution in [0, 0.1) is 5.92 Å². The molecule has 3 rings (SSSR count). The average molecular weight is 409 g/mol. The Bertz CT molecular complexity index is 852. The minimum absolute atomic E-state index is 0.00337. The van der Waals surface area contributed by atoms with Gasteiger partial charge in [0, 0.05) is 24.6 Å². The fourth-order valence-electron chi connectivity index (χ4n) is 3.89. The van der Waals surface area contributed by atoms with Gasteiger partial charge >= 0.3 is 0 Å². The number of likely N-dealkylation sites (tertiary alicyclic amines) is 1. The predicted molar refractivity (Wildman–Crippen MR) is 106 cm³/mol. The van der Waals surface area contributed by atoms with E-state index in [1.165, 1.54) is 0 Å². The molecule has 0 spiro atoms. The molecule has 0 aromatic heterocycles. The lowest BCUT2D eigenvalue weighted by Crippen LogP contribution is -2.39. The number of nitrogens with one attached hydrogen (secondary N) is 1. The highest BCUT2D eigenvalue weighted by atomic mass is 32.2. The van der Waals surface area contributed by atoms with Crippen molar-refractivity contribution < 1.29 is 22.7 Å². The third kappa shape index (κ3) is 4.66. The van der Waals surface area contributed by atoms with Gasteiger partial charge in [-0.1, -0.05) is 18.2 Å². The smallest absolute Gasteiger partial charge is 0.225 e. The second-order valence-corrected chi connectivity index (χ2v) is 10.2. The van der Waals surface area contributed by atoms with E-state index in [-0.39, 0.29) is 54.5 Å². The first kappa shape index (κ1) is 20.6. The highest BCUT2D eigenvalue weighted by Gasteiger charge is 2.42. The van der Waals surface area contributed by atoms with Crippen molar-refractivity contribution in [3.8, 4) is 5.75 Å². The van der Waals surface area contributed by atoms with Gasteiger partial charge < -0.3 is 15.0 Å². The zero-order valence-electron chi connectivity index (χ0n) is 16.6. The molecule has 154 valence electrons. The lowest BCUT2D eigenvalue weighted by molar-refractivity contribution is -0.130. The Hall–Kier alpha value is -2.09. The van der Waals surface area contributed by atoms with Crippen LogP contribution in [0.3, 0.4) is 0 Å². The van der Waals surface area contributed by atoms with Crippen molar-refractivity contribution in [1.82, 2.24) is 10.2 Å². The van der Waals surface area contributed by atoms with Crippen LogP contribution < -0.4 is 10.1 Å². The molecular formula is C20H28N2O5S. The maximum absolute atomic E-state index is 12.7. The summed E-state index contributed by atoms with van der Waals surface area (Å²) >= 11 is 0. The zero-order chi connectivity index (χ0) is 20.5. The Balaban J connectivity index is 1.63. The van der Waals surface area contributed by atoms with E-state index in [0.717, 1.165) is 11.3 Å². The highest BCUT2D eigenvalue weighted by molar-refractivity contribution is 7.91. The van der Waals surface area contributed by atoms with E-state index >= 15 is 0 Å². The SMILES string of the molecule is CC(C)Oc1ccccc1[C@H](C)NC(=O)[C@H]1CC(=O)N([C@H]2CCS(=O)(=O)C2)C1. The number of rotatable bonds is 6. The Labute approximate surface area is 166 Å². The molecule has 0 radical (unpaired) electrons. The van der Waals surface area contributed by atoms with Crippen molar-refractivity contribution in [2.24, 2.45) is 5.92 Å². The van der Waals surface area contributed by atoms with Crippen molar-refractivity contribution in [2.75, 3.05) is 18.1 Å². The van der Waals surface area contributed by atoms with Crippen molar-refractivity contribution in [3.63, 3.8) is 0 Å². The Kier molecular flexibility index (Phi) is 5.98. The summed E-state index contributed by atoms with van der Waals surface area (Å²) in [6.07, 6.45) is 0.602. The third-order valence-electron chi connectivity index (χ3n) is 5.29. The molecule has 2 fully saturated rings. The molecule has 2 amide bonds. The largest absolute Gasteiger partial charge is 0.491 e. The number of hydrogen-bond donors (Lipinski definition) is 1. The van der Waals surface area contributed by atoms with Crippen molar-refractivity contribution in [2.45, 2.75) is 51.8 Å². The topological polar surface area (TPSA) is 92.8 Å². The van der Waals surface area contributed by atoms with Crippen LogP contribution in [0.25, 0.3) is 0 Å². The van der Waals surface area contributed by atoms with Gasteiger partial charge in [0.2, 0.25) is 11.8 Å². The van der Waals surface area contributed by atoms with Gasteiger partial charge in [-0.05, 0) is 33.3 Å². The molecule has 0 unspecified atom stereocenters. The average Bonchev–Trinajstić information content (AvgIpc) is 3.16. The van der Waals surface area contributed by atoms with Crippen LogP contribution in [0.2, 0.25) is 0 Å². The summed E-state index contributed by atoms with van der Waals surface area (Å²) in [6.45, 7) is 6.06. The minimum atomic E-state index is -3.07. The summed E-state index contributed by atoms with van der Waals surface area (Å²) in [5.74, 6) is 0.0507. The standard InChI is InChI=1S/C20H28N2O5S/c1-13(2)27-18-7-5-4-6-17(18)14(3)21-20(24)15-10-19(23)22(11-15)16-8-9-28(25,26)12-16/h4-7,13-16H,8-12H2,1-3H3,(H,21,24)/t14-,15-,16-/m0/s1. The molecule has 0 aliphatic carbocycles. The first-order valence-corrected chi connectivity index (χ1v) is 11.5. The number of hydrogen-bond acceptors (Lipinski definition) is 5. The number of carbonyl (C=O) groups excluding carboxylic acids is 2. The Morgan fingerprint density at radius 1 is 1.25 bits per heavy atom. The summed E-state index contributed by atoms with van der Waals surface area (Å²) in [4.78, 5) is 26.7. The summed E-state index contributed by atoms with van der Waals surface area (Å²) < 4.78 is 29.2. The number of para-hydroxylation sites is 1. The van der Waals surface area contributed by atoms with Gasteiger partial charge in [0.15, 0.2) is 9.84 Å². The van der Waals surface area contributed by atoms with Crippen LogP contribution in [0.5, 0.6) is 5.75 Å². The molecule has 1 aromatic rings. The summed E-state index contributed by atoms with van der Waals surface area (Å²) in [7, 11) is -3.07. The minimum Gasteiger partial charge on any atom is -0.491 e. The molecule has 1 N–H and O–H groups in total. The molecule has 2 aliphatic heterocycles. The molecule has 0 saturated carbocycles. The van der Waals surface area contributed by atoms with Crippen LogP contribution in [0.1, 0.15) is 45.2 Å². The normalized spacial score (nSPS) is 25.1. The first-order chi connectivity index (χ1) is 13.2. The van der Waals surface area contributed by atoms with E-state index in [4.69, 9.17) is 4.74 Å². The number of benzene rings is 1. The summed E-state index contributed by atoms with van der Waals surface area (Å²) in [6, 6.07) is 7.01. The van der Waals surface area contributed by atoms with Crippen molar-refractivity contribution >= 4 is 21.7 Å². The van der Waals surface area contributed by atoms with Crippen LogP contribution in [0.4, 0.5) is 0 Å². The second kappa shape index (κ2) is 8.11. The summed E-state index contributed by atoms with van der Waals surface area (Å²) in [5.41, 5.74) is 0.882. The third-order valence-corrected chi connectivity index (χ3v) is 7.04. The number of carbonyl (C=O) groups is 2. The molecular weight excluding hydrogens is 380 g/mol. The Morgan fingerprint density at radius 3 is 2.61 bits per heavy atom. The molecule has 2 saturated heterocycles. The van der Waals surface area contributed by atoms with E-state index in [0.29, 0.717) is 6.42 Å². The maximum Gasteiger partial charge on any atom is 0.225 e. The van der Waals surface area contributed by atoms with E-state index in [1.54, 1.807) is 4.90 Å². The maximum atomic E-state index is 12.7. The molecule has 7 nitrogen and oxygen atoms in total. The van der Waals surface area contributed by atoms with Crippen LogP contribution >= 0.6 is 0 Å². The monoisotopic (exact) mass is 408 g/mol. The predicted octanol–water partition coefficient (Wildman–Crippen LogP) is 1.69. The molecule has 2 heterocycles. The van der Waals surface area contributed by atoms with Gasteiger partial charge in [-0.25, -0.2) is 8.42 Å². The molecule has 2 aliphatic rings. The number of sulfone groups is 1. The second-order valence-electron chi connectivity index (χ2n) is 7.94.